The number of carbonyl (C=O) groups excluding carboxylic acids is 1. The highest BCUT2D eigenvalue weighted by Gasteiger charge is 2.27. The fourth-order valence-corrected chi connectivity index (χ4v) is 6.08. The lowest BCUT2D eigenvalue weighted by Gasteiger charge is -2.26. The molecule has 2 aliphatic rings. The van der Waals surface area contributed by atoms with Crippen LogP contribution in [-0.4, -0.2) is 44.9 Å². The molecule has 4 rings (SSSR count). The number of rotatable bonds is 8. The van der Waals surface area contributed by atoms with Gasteiger partial charge in [-0.3, -0.25) is 9.69 Å². The van der Waals surface area contributed by atoms with Crippen LogP contribution in [0, 0.1) is 6.92 Å². The molecule has 2 heterocycles. The van der Waals surface area contributed by atoms with E-state index in [2.05, 4.69) is 14.9 Å². The molecule has 1 aromatic carbocycles. The lowest BCUT2D eigenvalue weighted by molar-refractivity contribution is 0.0933. The number of aryl methyl sites for hydroxylation is 1. The first-order valence-electron chi connectivity index (χ1n) is 11.6. The lowest BCUT2D eigenvalue weighted by atomic mass is 9.96. The Kier molecular flexibility index (Phi) is 7.33. The average Bonchev–Trinajstić information content (AvgIpc) is 3.49. The van der Waals surface area contributed by atoms with Crippen molar-refractivity contribution in [2.75, 3.05) is 19.6 Å². The number of sulfonamides is 1. The van der Waals surface area contributed by atoms with Crippen LogP contribution < -0.4 is 10.0 Å². The van der Waals surface area contributed by atoms with Crippen LogP contribution in [0.2, 0.25) is 0 Å². The Morgan fingerprint density at radius 1 is 1.12 bits per heavy atom. The molecule has 1 aliphatic carbocycles. The minimum Gasteiger partial charge on any atom is -0.468 e. The second kappa shape index (κ2) is 10.2. The first-order valence-corrected chi connectivity index (χ1v) is 13.1. The minimum atomic E-state index is -3.67. The summed E-state index contributed by atoms with van der Waals surface area (Å²) in [4.78, 5) is 15.5. The third-order valence-electron chi connectivity index (χ3n) is 6.60. The third-order valence-corrected chi connectivity index (χ3v) is 8.12. The summed E-state index contributed by atoms with van der Waals surface area (Å²) >= 11 is 0. The van der Waals surface area contributed by atoms with Gasteiger partial charge in [0.15, 0.2) is 0 Å². The molecule has 0 unspecified atom stereocenters. The smallest absolute Gasteiger partial charge is 0.251 e. The molecule has 2 aromatic rings. The van der Waals surface area contributed by atoms with Crippen LogP contribution in [0.5, 0.6) is 0 Å². The van der Waals surface area contributed by atoms with Gasteiger partial charge in [0.05, 0.1) is 17.2 Å². The van der Waals surface area contributed by atoms with Gasteiger partial charge in [-0.15, -0.1) is 0 Å². The highest BCUT2D eigenvalue weighted by molar-refractivity contribution is 7.89. The number of amides is 1. The van der Waals surface area contributed by atoms with E-state index in [0.717, 1.165) is 69.4 Å². The molecule has 0 radical (unpaired) electrons. The summed E-state index contributed by atoms with van der Waals surface area (Å²) in [5.41, 5.74) is 1.13. The topological polar surface area (TPSA) is 91.6 Å². The van der Waals surface area contributed by atoms with Crippen molar-refractivity contribution in [1.82, 2.24) is 14.9 Å². The van der Waals surface area contributed by atoms with Crippen molar-refractivity contribution in [2.24, 2.45) is 0 Å². The second-order valence-corrected chi connectivity index (χ2v) is 10.6. The van der Waals surface area contributed by atoms with Crippen LogP contribution in [0.15, 0.2) is 45.9 Å². The quantitative estimate of drug-likeness (QED) is 0.627. The van der Waals surface area contributed by atoms with Crippen LogP contribution in [0.4, 0.5) is 0 Å². The highest BCUT2D eigenvalue weighted by atomic mass is 32.2. The maximum atomic E-state index is 13.0. The third kappa shape index (κ3) is 5.42. The van der Waals surface area contributed by atoms with Crippen LogP contribution >= 0.6 is 0 Å². The molecule has 1 amide bonds. The number of hydrogen-bond donors (Lipinski definition) is 2. The molecule has 2 N–H and O–H groups in total. The number of hydrogen-bond acceptors (Lipinski definition) is 5. The fourth-order valence-electron chi connectivity index (χ4n) is 4.75. The number of nitrogens with zero attached hydrogens (tertiary/aromatic N) is 1. The van der Waals surface area contributed by atoms with Crippen molar-refractivity contribution in [2.45, 2.75) is 68.8 Å². The van der Waals surface area contributed by atoms with E-state index in [4.69, 9.17) is 4.42 Å². The molecule has 8 heteroatoms. The van der Waals surface area contributed by atoms with Gasteiger partial charge in [-0.2, -0.15) is 0 Å². The molecule has 2 fully saturated rings. The highest BCUT2D eigenvalue weighted by Crippen LogP contribution is 2.25. The van der Waals surface area contributed by atoms with Gasteiger partial charge in [-0.25, -0.2) is 13.1 Å². The summed E-state index contributed by atoms with van der Waals surface area (Å²) in [6.45, 7) is 4.18. The first kappa shape index (κ1) is 23.0. The Hall–Kier alpha value is -2.16. The summed E-state index contributed by atoms with van der Waals surface area (Å²) in [7, 11) is -3.67. The molecule has 1 aliphatic heterocycles. The van der Waals surface area contributed by atoms with Gasteiger partial charge in [0.25, 0.3) is 5.91 Å². The number of furan rings is 1. The van der Waals surface area contributed by atoms with Gasteiger partial charge < -0.3 is 9.73 Å². The summed E-state index contributed by atoms with van der Waals surface area (Å²) in [6.07, 6.45) is 8.90. The number of carbonyl (C=O) groups is 1. The van der Waals surface area contributed by atoms with E-state index in [1.54, 1.807) is 18.4 Å². The van der Waals surface area contributed by atoms with E-state index >= 15 is 0 Å². The SMILES string of the molecule is Cc1ccc(S(=O)(=O)NC2CCCCC2)cc1C(=O)NC[C@H](c1ccco1)N1CCCC1. The van der Waals surface area contributed by atoms with Crippen LogP contribution in [0.3, 0.4) is 0 Å². The molecule has 32 heavy (non-hydrogen) atoms. The van der Waals surface area contributed by atoms with Crippen molar-refractivity contribution in [1.29, 1.82) is 0 Å². The van der Waals surface area contributed by atoms with E-state index in [9.17, 15) is 13.2 Å². The summed E-state index contributed by atoms with van der Waals surface area (Å²) < 4.78 is 34.3. The van der Waals surface area contributed by atoms with Crippen molar-refractivity contribution < 1.29 is 17.6 Å². The number of nitrogens with one attached hydrogen (secondary N) is 2. The standard InChI is InChI=1S/C24H33N3O4S/c1-18-11-12-20(32(29,30)26-19-8-3-2-4-9-19)16-21(18)24(28)25-17-22(23-10-7-15-31-23)27-13-5-6-14-27/h7,10-12,15-16,19,22,26H,2-6,8-9,13-14,17H2,1H3,(H,25,28)/t22-/m1/s1. The fraction of sp³-hybridized carbons (Fsp3) is 0.542. The zero-order valence-corrected chi connectivity index (χ0v) is 19.5. The average molecular weight is 460 g/mol. The van der Waals surface area contributed by atoms with Gasteiger partial charge in [-0.05, 0) is 75.5 Å². The van der Waals surface area contributed by atoms with E-state index in [0.29, 0.717) is 12.1 Å². The zero-order chi connectivity index (χ0) is 22.6. The van der Waals surface area contributed by atoms with Crippen molar-refractivity contribution in [3.8, 4) is 0 Å². The molecule has 1 saturated carbocycles. The number of likely N-dealkylation sites (tertiary alicyclic amines) is 1. The largest absolute Gasteiger partial charge is 0.468 e. The second-order valence-electron chi connectivity index (χ2n) is 8.92. The van der Waals surface area contributed by atoms with Crippen LogP contribution in [0.25, 0.3) is 0 Å². The number of benzene rings is 1. The van der Waals surface area contributed by atoms with Gasteiger partial charge in [0.2, 0.25) is 10.0 Å². The molecule has 0 spiro atoms. The van der Waals surface area contributed by atoms with Crippen molar-refractivity contribution >= 4 is 15.9 Å². The maximum Gasteiger partial charge on any atom is 0.251 e. The van der Waals surface area contributed by atoms with Crippen molar-refractivity contribution in [3.05, 3.63) is 53.5 Å². The van der Waals surface area contributed by atoms with Crippen LogP contribution in [-0.2, 0) is 10.0 Å². The molecule has 1 saturated heterocycles. The molecule has 7 nitrogen and oxygen atoms in total. The Morgan fingerprint density at radius 2 is 1.88 bits per heavy atom. The van der Waals surface area contributed by atoms with Crippen LogP contribution in [0.1, 0.15) is 72.7 Å². The summed E-state index contributed by atoms with van der Waals surface area (Å²) in [6, 6.07) is 8.51. The lowest BCUT2D eigenvalue weighted by Crippen LogP contribution is -2.37. The van der Waals surface area contributed by atoms with E-state index in [1.165, 1.54) is 6.07 Å². The molecule has 1 aromatic heterocycles. The predicted octanol–water partition coefficient (Wildman–Crippen LogP) is 3.77. The maximum absolute atomic E-state index is 13.0. The molecule has 174 valence electrons. The van der Waals surface area contributed by atoms with Gasteiger partial charge in [0.1, 0.15) is 5.76 Å². The summed E-state index contributed by atoms with van der Waals surface area (Å²) in [5.74, 6) is 0.560. The summed E-state index contributed by atoms with van der Waals surface area (Å²) in [5, 5.41) is 3.01. The van der Waals surface area contributed by atoms with Gasteiger partial charge in [0, 0.05) is 18.2 Å². The molecular weight excluding hydrogens is 426 g/mol. The predicted molar refractivity (Wildman–Crippen MR) is 123 cm³/mol. The zero-order valence-electron chi connectivity index (χ0n) is 18.7. The van der Waals surface area contributed by atoms with E-state index in [-0.39, 0.29) is 22.9 Å². The Bertz CT molecular complexity index is 1010. The minimum absolute atomic E-state index is 0.0261. The molecular formula is C24H33N3O4S. The molecule has 0 bridgehead atoms. The normalized spacial score (nSPS) is 19.2. The van der Waals surface area contributed by atoms with E-state index in [1.807, 2.05) is 19.1 Å². The van der Waals surface area contributed by atoms with Gasteiger partial charge >= 0.3 is 0 Å². The van der Waals surface area contributed by atoms with E-state index < -0.39 is 10.0 Å². The van der Waals surface area contributed by atoms with Gasteiger partial charge in [-0.1, -0.05) is 25.3 Å². The monoisotopic (exact) mass is 459 g/mol. The van der Waals surface area contributed by atoms with Crippen molar-refractivity contribution in [3.63, 3.8) is 0 Å². The molecule has 1 atom stereocenters. The Balaban J connectivity index is 1.47. The Labute approximate surface area is 190 Å². The first-order chi connectivity index (χ1) is 15.4. The Morgan fingerprint density at radius 3 is 2.56 bits per heavy atom.